The van der Waals surface area contributed by atoms with E-state index in [9.17, 15) is 5.11 Å². The minimum atomic E-state index is -0.257. The third kappa shape index (κ3) is 2.00. The van der Waals surface area contributed by atoms with Gasteiger partial charge in [0.05, 0.1) is 6.10 Å². The molecule has 0 bridgehead atoms. The summed E-state index contributed by atoms with van der Waals surface area (Å²) in [7, 11) is 2.14. The molecule has 0 aliphatic carbocycles. The molecule has 1 aromatic rings. The molecule has 0 fully saturated rings. The van der Waals surface area contributed by atoms with Gasteiger partial charge in [0.15, 0.2) is 0 Å². The van der Waals surface area contributed by atoms with Gasteiger partial charge in [-0.05, 0) is 43.9 Å². The summed E-state index contributed by atoms with van der Waals surface area (Å²) in [5, 5.41) is 9.36. The standard InChI is InChI=1S/C13H19NO/c1-9-6-12-5-4-11(7-10(2)15)8-13(12)14(9)3/h4-5,8-10,15H,6-7H2,1-3H3. The number of hydrogen-bond donors (Lipinski definition) is 1. The van der Waals surface area contributed by atoms with Crippen LogP contribution in [0, 0.1) is 0 Å². The van der Waals surface area contributed by atoms with Crippen molar-refractivity contribution in [3.63, 3.8) is 0 Å². The van der Waals surface area contributed by atoms with Gasteiger partial charge in [0.2, 0.25) is 0 Å². The third-order valence-corrected chi connectivity index (χ3v) is 3.24. The molecular weight excluding hydrogens is 186 g/mol. The van der Waals surface area contributed by atoms with Gasteiger partial charge in [-0.2, -0.15) is 0 Å². The second-order valence-electron chi connectivity index (χ2n) is 4.68. The molecule has 0 amide bonds. The Morgan fingerprint density at radius 3 is 2.93 bits per heavy atom. The quantitative estimate of drug-likeness (QED) is 0.798. The summed E-state index contributed by atoms with van der Waals surface area (Å²) in [5.74, 6) is 0. The van der Waals surface area contributed by atoms with Crippen molar-refractivity contribution in [2.24, 2.45) is 0 Å². The number of aliphatic hydroxyl groups excluding tert-OH is 1. The van der Waals surface area contributed by atoms with Gasteiger partial charge in [-0.1, -0.05) is 12.1 Å². The average molecular weight is 205 g/mol. The van der Waals surface area contributed by atoms with E-state index in [4.69, 9.17) is 0 Å². The highest BCUT2D eigenvalue weighted by atomic mass is 16.3. The minimum Gasteiger partial charge on any atom is -0.393 e. The fourth-order valence-corrected chi connectivity index (χ4v) is 2.27. The van der Waals surface area contributed by atoms with E-state index < -0.39 is 0 Å². The van der Waals surface area contributed by atoms with Crippen molar-refractivity contribution in [1.82, 2.24) is 0 Å². The lowest BCUT2D eigenvalue weighted by Crippen LogP contribution is -2.23. The average Bonchev–Trinajstić information content (AvgIpc) is 2.43. The van der Waals surface area contributed by atoms with Crippen LogP contribution in [0.15, 0.2) is 18.2 Å². The Hall–Kier alpha value is -1.02. The highest BCUT2D eigenvalue weighted by Gasteiger charge is 2.22. The summed E-state index contributed by atoms with van der Waals surface area (Å²) in [6.07, 6.45) is 1.63. The van der Waals surface area contributed by atoms with Crippen LogP contribution < -0.4 is 4.90 Å². The van der Waals surface area contributed by atoms with Gasteiger partial charge >= 0.3 is 0 Å². The summed E-state index contributed by atoms with van der Waals surface area (Å²) in [6.45, 7) is 4.08. The summed E-state index contributed by atoms with van der Waals surface area (Å²) in [5.41, 5.74) is 3.99. The van der Waals surface area contributed by atoms with Crippen LogP contribution in [0.3, 0.4) is 0 Å². The molecule has 0 radical (unpaired) electrons. The molecule has 0 saturated carbocycles. The number of anilines is 1. The number of nitrogens with zero attached hydrogens (tertiary/aromatic N) is 1. The first-order valence-corrected chi connectivity index (χ1v) is 5.60. The molecule has 2 nitrogen and oxygen atoms in total. The molecule has 1 N–H and O–H groups in total. The largest absolute Gasteiger partial charge is 0.393 e. The van der Waals surface area contributed by atoms with Gasteiger partial charge in [-0.15, -0.1) is 0 Å². The lowest BCUT2D eigenvalue weighted by Gasteiger charge is -2.19. The predicted molar refractivity (Wildman–Crippen MR) is 63.4 cm³/mol. The SMILES string of the molecule is CC(O)Cc1ccc2c(c1)N(C)C(C)C2. The van der Waals surface area contributed by atoms with Crippen molar-refractivity contribution < 1.29 is 5.11 Å². The molecule has 2 atom stereocenters. The van der Waals surface area contributed by atoms with Crippen LogP contribution in [0.25, 0.3) is 0 Å². The van der Waals surface area contributed by atoms with Crippen LogP contribution in [0.1, 0.15) is 25.0 Å². The van der Waals surface area contributed by atoms with E-state index in [2.05, 4.69) is 37.1 Å². The van der Waals surface area contributed by atoms with Gasteiger partial charge < -0.3 is 10.0 Å². The first-order valence-electron chi connectivity index (χ1n) is 5.60. The smallest absolute Gasteiger partial charge is 0.0552 e. The number of rotatable bonds is 2. The van der Waals surface area contributed by atoms with Crippen LogP contribution >= 0.6 is 0 Å². The highest BCUT2D eigenvalue weighted by molar-refractivity contribution is 5.60. The van der Waals surface area contributed by atoms with Crippen molar-refractivity contribution >= 4 is 5.69 Å². The van der Waals surface area contributed by atoms with E-state index in [0.29, 0.717) is 6.04 Å². The Kier molecular flexibility index (Phi) is 2.70. The zero-order valence-corrected chi connectivity index (χ0v) is 9.70. The van der Waals surface area contributed by atoms with Gasteiger partial charge in [0.25, 0.3) is 0 Å². The Bertz CT molecular complexity index is 360. The number of aliphatic hydroxyl groups is 1. The van der Waals surface area contributed by atoms with E-state index in [0.717, 1.165) is 12.8 Å². The van der Waals surface area contributed by atoms with E-state index >= 15 is 0 Å². The normalized spacial score (nSPS) is 21.6. The topological polar surface area (TPSA) is 23.5 Å². The molecule has 82 valence electrons. The fraction of sp³-hybridized carbons (Fsp3) is 0.538. The fourth-order valence-electron chi connectivity index (χ4n) is 2.27. The first kappa shape index (κ1) is 10.5. The molecule has 0 spiro atoms. The van der Waals surface area contributed by atoms with Crippen LogP contribution in [0.5, 0.6) is 0 Å². The van der Waals surface area contributed by atoms with Gasteiger partial charge in [0, 0.05) is 18.8 Å². The summed E-state index contributed by atoms with van der Waals surface area (Å²) in [4.78, 5) is 2.32. The van der Waals surface area contributed by atoms with Crippen LogP contribution in [-0.4, -0.2) is 24.3 Å². The zero-order valence-electron chi connectivity index (χ0n) is 9.70. The van der Waals surface area contributed by atoms with Crippen molar-refractivity contribution in [3.8, 4) is 0 Å². The van der Waals surface area contributed by atoms with Crippen LogP contribution in [0.4, 0.5) is 5.69 Å². The molecule has 0 saturated heterocycles. The van der Waals surface area contributed by atoms with Crippen molar-refractivity contribution in [2.45, 2.75) is 38.8 Å². The van der Waals surface area contributed by atoms with Gasteiger partial charge in [-0.25, -0.2) is 0 Å². The van der Waals surface area contributed by atoms with Crippen LogP contribution in [0.2, 0.25) is 0 Å². The van der Waals surface area contributed by atoms with Crippen molar-refractivity contribution in [3.05, 3.63) is 29.3 Å². The van der Waals surface area contributed by atoms with E-state index in [1.165, 1.54) is 16.8 Å². The maximum Gasteiger partial charge on any atom is 0.0552 e. The summed E-state index contributed by atoms with van der Waals surface area (Å²) >= 11 is 0. The number of likely N-dealkylation sites (N-methyl/N-ethyl adjacent to an activating group) is 1. The molecule has 1 aliphatic heterocycles. The Labute approximate surface area is 91.5 Å². The van der Waals surface area contributed by atoms with Gasteiger partial charge in [0.1, 0.15) is 0 Å². The molecule has 1 aromatic carbocycles. The molecular formula is C13H19NO. The van der Waals surface area contributed by atoms with Crippen LogP contribution in [-0.2, 0) is 12.8 Å². The molecule has 1 heterocycles. The number of fused-ring (bicyclic) bond motifs is 1. The lowest BCUT2D eigenvalue weighted by molar-refractivity contribution is 0.195. The molecule has 1 aliphatic rings. The Morgan fingerprint density at radius 1 is 1.53 bits per heavy atom. The van der Waals surface area contributed by atoms with E-state index in [-0.39, 0.29) is 6.10 Å². The highest BCUT2D eigenvalue weighted by Crippen LogP contribution is 2.31. The molecule has 15 heavy (non-hydrogen) atoms. The molecule has 2 heteroatoms. The second kappa shape index (κ2) is 3.86. The maximum atomic E-state index is 9.36. The monoisotopic (exact) mass is 205 g/mol. The summed E-state index contributed by atoms with van der Waals surface area (Å²) < 4.78 is 0. The predicted octanol–water partition coefficient (Wildman–Crippen LogP) is 1.99. The van der Waals surface area contributed by atoms with E-state index in [1.807, 2.05) is 6.92 Å². The number of hydrogen-bond acceptors (Lipinski definition) is 2. The maximum absolute atomic E-state index is 9.36. The Morgan fingerprint density at radius 2 is 2.27 bits per heavy atom. The molecule has 0 aromatic heterocycles. The van der Waals surface area contributed by atoms with Crippen molar-refractivity contribution in [2.75, 3.05) is 11.9 Å². The minimum absolute atomic E-state index is 0.257. The first-order chi connectivity index (χ1) is 7.08. The third-order valence-electron chi connectivity index (χ3n) is 3.24. The summed E-state index contributed by atoms with van der Waals surface area (Å²) in [6, 6.07) is 7.15. The number of benzene rings is 1. The molecule has 2 unspecified atom stereocenters. The zero-order chi connectivity index (χ0) is 11.0. The Balaban J connectivity index is 2.27. The second-order valence-corrected chi connectivity index (χ2v) is 4.68. The molecule has 2 rings (SSSR count). The van der Waals surface area contributed by atoms with E-state index in [1.54, 1.807) is 0 Å². The van der Waals surface area contributed by atoms with Gasteiger partial charge in [-0.3, -0.25) is 0 Å². The van der Waals surface area contributed by atoms with Crippen molar-refractivity contribution in [1.29, 1.82) is 0 Å². The lowest BCUT2D eigenvalue weighted by atomic mass is 10.0.